The van der Waals surface area contributed by atoms with Gasteiger partial charge in [0.1, 0.15) is 28.0 Å². The van der Waals surface area contributed by atoms with Gasteiger partial charge in [-0.3, -0.25) is 14.2 Å². The van der Waals surface area contributed by atoms with Crippen LogP contribution in [0.5, 0.6) is 23.0 Å². The second kappa shape index (κ2) is 18.4. The maximum atomic E-state index is 13.3. The minimum Gasteiger partial charge on any atom is -0.491 e. The van der Waals surface area contributed by atoms with Gasteiger partial charge in [-0.1, -0.05) is 24.3 Å². The molecular weight excluding hydrogens is 897 g/mol. The molecule has 68 heavy (non-hydrogen) atoms. The van der Waals surface area contributed by atoms with Gasteiger partial charge in [-0.15, -0.1) is 11.8 Å². The number of hydrogen-bond acceptors (Lipinski definition) is 9. The Kier molecular flexibility index (Phi) is 12.7. The topological polar surface area (TPSA) is 122 Å². The number of ether oxygens (including phenoxy) is 4. The summed E-state index contributed by atoms with van der Waals surface area (Å²) in [5, 5.41) is 1.46. The molecule has 4 aliphatic rings. The third-order valence-corrected chi connectivity index (χ3v) is 15.1. The van der Waals surface area contributed by atoms with Crippen molar-refractivity contribution >= 4 is 33.4 Å². The molecule has 0 radical (unpaired) electrons. The monoisotopic (exact) mass is 956 g/mol. The van der Waals surface area contributed by atoms with E-state index in [4.69, 9.17) is 18.9 Å². The quantitative estimate of drug-likeness (QED) is 0.137. The number of carbonyl (C=O) groups excluding carboxylic acids is 2. The van der Waals surface area contributed by atoms with Crippen molar-refractivity contribution in [3.05, 3.63) is 143 Å². The minimum atomic E-state index is -3.44. The summed E-state index contributed by atoms with van der Waals surface area (Å²) in [4.78, 5) is 30.4. The number of hydrogen-bond donors (Lipinski definition) is 0. The molecule has 4 aliphatic heterocycles. The van der Waals surface area contributed by atoms with Crippen LogP contribution < -0.4 is 18.9 Å². The molecule has 2 amide bonds. The highest BCUT2D eigenvalue weighted by Gasteiger charge is 2.47. The molecule has 356 valence electrons. The number of amides is 2. The number of piperidine rings is 2. The Balaban J connectivity index is 0.000000170. The van der Waals surface area contributed by atoms with Crippen LogP contribution in [0.4, 0.5) is 0 Å². The lowest BCUT2D eigenvalue weighted by atomic mass is 9.86. The number of aryl methyl sites for hydroxylation is 2. The third-order valence-electron chi connectivity index (χ3n) is 13.3. The van der Waals surface area contributed by atoms with Gasteiger partial charge in [0.15, 0.2) is 21.0 Å². The Hall–Kier alpha value is -6.12. The number of aromatic nitrogens is 2. The molecule has 0 atom stereocenters. The maximum Gasteiger partial charge on any atom is 0.253 e. The Labute approximate surface area is 404 Å². The van der Waals surface area contributed by atoms with E-state index in [1.807, 2.05) is 135 Å². The molecule has 0 unspecified atom stereocenters. The Morgan fingerprint density at radius 2 is 1.03 bits per heavy atom. The van der Waals surface area contributed by atoms with Gasteiger partial charge in [0, 0.05) is 69.2 Å². The molecule has 2 aromatic heterocycles. The smallest absolute Gasteiger partial charge is 0.253 e. The first-order chi connectivity index (χ1) is 32.5. The summed E-state index contributed by atoms with van der Waals surface area (Å²) >= 11 is 1.74. The van der Waals surface area contributed by atoms with E-state index in [0.29, 0.717) is 55.9 Å². The average molecular weight is 957 g/mol. The van der Waals surface area contributed by atoms with Gasteiger partial charge in [0.2, 0.25) is 0 Å². The highest BCUT2D eigenvalue weighted by Crippen LogP contribution is 2.49. The van der Waals surface area contributed by atoms with Gasteiger partial charge in [0.05, 0.1) is 40.0 Å². The number of thioether (sulfide) groups is 1. The van der Waals surface area contributed by atoms with E-state index in [-0.39, 0.29) is 29.0 Å². The van der Waals surface area contributed by atoms with E-state index in [2.05, 4.69) is 35.1 Å². The van der Waals surface area contributed by atoms with Crippen LogP contribution in [0.1, 0.15) is 96.6 Å². The lowest BCUT2D eigenvalue weighted by Crippen LogP contribution is -2.50. The van der Waals surface area contributed by atoms with Gasteiger partial charge >= 0.3 is 0 Å². The molecule has 2 spiro atoms. The van der Waals surface area contributed by atoms with Crippen LogP contribution >= 0.6 is 11.8 Å². The molecule has 2 saturated heterocycles. The normalized spacial score (nSPS) is 16.4. The van der Waals surface area contributed by atoms with Crippen LogP contribution in [0, 0.1) is 13.8 Å². The molecule has 6 aromatic rings. The summed E-state index contributed by atoms with van der Waals surface area (Å²) in [5.74, 6) is 3.22. The fourth-order valence-corrected chi connectivity index (χ4v) is 11.5. The van der Waals surface area contributed by atoms with Crippen molar-refractivity contribution in [3.63, 3.8) is 0 Å². The van der Waals surface area contributed by atoms with Crippen LogP contribution in [-0.4, -0.2) is 90.1 Å². The lowest BCUT2D eigenvalue weighted by molar-refractivity contribution is -0.0104. The average Bonchev–Trinajstić information content (AvgIpc) is 3.99. The number of carbonyl (C=O) groups is 2. The summed E-state index contributed by atoms with van der Waals surface area (Å²) in [6, 6.07) is 34.9. The van der Waals surface area contributed by atoms with E-state index < -0.39 is 21.0 Å². The van der Waals surface area contributed by atoms with Crippen LogP contribution in [0.2, 0.25) is 0 Å². The zero-order valence-electron chi connectivity index (χ0n) is 40.1. The molecule has 6 heterocycles. The van der Waals surface area contributed by atoms with Crippen molar-refractivity contribution in [1.29, 1.82) is 0 Å². The standard InChI is InChI=1S/C27H30N2O5S.C27H30N2O3S/c1-18(2)33-22-10-9-20(17-19(22)3)26(30)28-15-13-27(14-16-28)24-11-12-25(35(4,31)32)29(24)21-7-5-6-8-23(21)34-27;1-18(2)31-22-10-9-20(17-19(22)3)26(30)28-15-13-27(14-16-28)24-11-12-25(33-4)29(24)21-7-5-6-8-23(21)32-27/h5-12,17-18H,13-16H2,1-4H3;5-12,17-18H,13-16H2,1-4H3. The molecule has 0 saturated carbocycles. The summed E-state index contributed by atoms with van der Waals surface area (Å²) in [7, 11) is -3.44. The van der Waals surface area contributed by atoms with Crippen molar-refractivity contribution in [2.45, 2.75) is 101 Å². The van der Waals surface area contributed by atoms with Gasteiger partial charge in [-0.2, -0.15) is 0 Å². The number of rotatable bonds is 8. The number of fused-ring (bicyclic) bond motifs is 8. The molecule has 10 rings (SSSR count). The molecule has 14 heteroatoms. The molecule has 4 aromatic carbocycles. The summed E-state index contributed by atoms with van der Waals surface area (Å²) in [5.41, 5.74) is 5.95. The number of benzene rings is 4. The highest BCUT2D eigenvalue weighted by atomic mass is 32.2. The largest absolute Gasteiger partial charge is 0.491 e. The zero-order chi connectivity index (χ0) is 48.1. The fraction of sp³-hybridized carbons (Fsp3) is 0.370. The van der Waals surface area contributed by atoms with Gasteiger partial charge in [0.25, 0.3) is 11.8 Å². The maximum absolute atomic E-state index is 13.3. The molecule has 2 fully saturated rings. The third kappa shape index (κ3) is 8.77. The number of likely N-dealkylation sites (tertiary alicyclic amines) is 2. The lowest BCUT2D eigenvalue weighted by Gasteiger charge is -2.45. The van der Waals surface area contributed by atoms with Crippen molar-refractivity contribution < 1.29 is 37.0 Å². The number of para-hydroxylation sites is 4. The summed E-state index contributed by atoms with van der Waals surface area (Å²) in [6.45, 7) is 14.2. The predicted molar refractivity (Wildman–Crippen MR) is 265 cm³/mol. The van der Waals surface area contributed by atoms with Crippen molar-refractivity contribution in [1.82, 2.24) is 18.9 Å². The van der Waals surface area contributed by atoms with Crippen LogP contribution in [0.15, 0.2) is 119 Å². The van der Waals surface area contributed by atoms with Gasteiger partial charge in [-0.05, 0) is 144 Å². The molecule has 0 aliphatic carbocycles. The van der Waals surface area contributed by atoms with E-state index in [0.717, 1.165) is 58.3 Å². The Bertz CT molecular complexity index is 2990. The van der Waals surface area contributed by atoms with E-state index in [1.165, 1.54) is 17.0 Å². The first kappa shape index (κ1) is 47.0. The predicted octanol–water partition coefficient (Wildman–Crippen LogP) is 10.3. The summed E-state index contributed by atoms with van der Waals surface area (Å²) < 4.78 is 54.0. The molecular formula is C54H60N4O8S2. The zero-order valence-corrected chi connectivity index (χ0v) is 41.7. The molecule has 0 bridgehead atoms. The SMILES string of the molecule is CSc1ccc2n1-c1ccccc1OC21CCN(C(=O)c2ccc(OC(C)C)c(C)c2)CC1.Cc1cc(C(=O)N2CCC3(CC2)Oc2ccccc2-n2c3ccc2S(C)(=O)=O)ccc1OC(C)C. The van der Waals surface area contributed by atoms with Crippen LogP contribution in [0.3, 0.4) is 0 Å². The molecule has 12 nitrogen and oxygen atoms in total. The van der Waals surface area contributed by atoms with Crippen molar-refractivity contribution in [2.75, 3.05) is 38.7 Å². The van der Waals surface area contributed by atoms with E-state index in [9.17, 15) is 18.0 Å². The first-order valence-electron chi connectivity index (χ1n) is 23.4. The second-order valence-electron chi connectivity index (χ2n) is 18.8. The second-order valence-corrected chi connectivity index (χ2v) is 21.6. The highest BCUT2D eigenvalue weighted by molar-refractivity contribution is 7.98. The minimum absolute atomic E-state index is 0.0255. The van der Waals surface area contributed by atoms with Crippen molar-refractivity contribution in [3.8, 4) is 34.4 Å². The van der Waals surface area contributed by atoms with Crippen molar-refractivity contribution in [2.24, 2.45) is 0 Å². The fourth-order valence-electron chi connectivity index (χ4n) is 10.0. The van der Waals surface area contributed by atoms with E-state index >= 15 is 0 Å². The number of sulfone groups is 1. The first-order valence-corrected chi connectivity index (χ1v) is 26.5. The van der Waals surface area contributed by atoms with Crippen LogP contribution in [0.25, 0.3) is 11.4 Å². The summed E-state index contributed by atoms with van der Waals surface area (Å²) in [6.07, 6.45) is 6.15. The molecule has 0 N–H and O–H groups in total. The van der Waals surface area contributed by atoms with Gasteiger partial charge < -0.3 is 33.3 Å². The van der Waals surface area contributed by atoms with Crippen LogP contribution in [-0.2, 0) is 21.0 Å². The Morgan fingerprint density at radius 3 is 1.46 bits per heavy atom. The number of nitrogens with zero attached hydrogens (tertiary/aromatic N) is 4. The van der Waals surface area contributed by atoms with E-state index in [1.54, 1.807) is 17.8 Å². The Morgan fingerprint density at radius 1 is 0.603 bits per heavy atom. The van der Waals surface area contributed by atoms with Gasteiger partial charge in [-0.25, -0.2) is 8.42 Å².